The lowest BCUT2D eigenvalue weighted by Crippen LogP contribution is -2.48. The van der Waals surface area contributed by atoms with Crippen LogP contribution in [0.3, 0.4) is 0 Å². The fourth-order valence-corrected chi connectivity index (χ4v) is 4.37. The number of amides is 1. The molecule has 1 aromatic carbocycles. The number of thiophene rings is 1. The van der Waals surface area contributed by atoms with Crippen LogP contribution in [0.2, 0.25) is 0 Å². The highest BCUT2D eigenvalue weighted by atomic mass is 32.2. The van der Waals surface area contributed by atoms with Gasteiger partial charge < -0.3 is 9.32 Å². The molecule has 0 N–H and O–H groups in total. The Bertz CT molecular complexity index is 859. The lowest BCUT2D eigenvalue weighted by atomic mass is 10.2. The quantitative estimate of drug-likeness (QED) is 0.592. The number of hydrogen-bond donors (Lipinski definition) is 0. The smallest absolute Gasteiger partial charge is 0.277 e. The fraction of sp³-hybridized carbons (Fsp3) is 0.316. The van der Waals surface area contributed by atoms with Crippen molar-refractivity contribution in [2.45, 2.75) is 11.8 Å². The summed E-state index contributed by atoms with van der Waals surface area (Å²) in [5.74, 6) is 0.921. The van der Waals surface area contributed by atoms with E-state index in [2.05, 4.69) is 32.6 Å². The zero-order valence-electron chi connectivity index (χ0n) is 14.8. The first-order valence-corrected chi connectivity index (χ1v) is 10.7. The molecule has 0 saturated carbocycles. The van der Waals surface area contributed by atoms with Crippen molar-refractivity contribution in [2.75, 3.05) is 31.9 Å². The van der Waals surface area contributed by atoms with Crippen LogP contribution >= 0.6 is 23.1 Å². The van der Waals surface area contributed by atoms with E-state index in [0.717, 1.165) is 38.3 Å². The van der Waals surface area contributed by atoms with E-state index in [1.165, 1.54) is 16.6 Å². The predicted molar refractivity (Wildman–Crippen MR) is 107 cm³/mol. The minimum Gasteiger partial charge on any atom is -0.411 e. The SMILES string of the molecule is O=C(CSc1nnc(-c2ccccc2)o1)N1CCN(Cc2cccs2)CC1. The Morgan fingerprint density at radius 1 is 1.07 bits per heavy atom. The summed E-state index contributed by atoms with van der Waals surface area (Å²) in [5.41, 5.74) is 0.880. The van der Waals surface area contributed by atoms with Gasteiger partial charge in [-0.2, -0.15) is 0 Å². The molecule has 27 heavy (non-hydrogen) atoms. The molecule has 3 heterocycles. The second-order valence-corrected chi connectivity index (χ2v) is 8.22. The van der Waals surface area contributed by atoms with Gasteiger partial charge in [0.05, 0.1) is 5.75 Å². The molecular formula is C19H20N4O2S2. The summed E-state index contributed by atoms with van der Waals surface area (Å²) in [6.45, 7) is 4.33. The first-order valence-electron chi connectivity index (χ1n) is 8.82. The highest BCUT2D eigenvalue weighted by molar-refractivity contribution is 7.99. The van der Waals surface area contributed by atoms with Crippen molar-refractivity contribution in [3.63, 3.8) is 0 Å². The van der Waals surface area contributed by atoms with Gasteiger partial charge in [0.25, 0.3) is 5.22 Å². The first kappa shape index (κ1) is 18.2. The standard InChI is InChI=1S/C19H20N4O2S2/c24-17(23-10-8-22(9-11-23)13-16-7-4-12-26-16)14-27-19-21-20-18(25-19)15-5-2-1-3-6-15/h1-7,12H,8-11,13-14H2. The fourth-order valence-electron chi connectivity index (χ4n) is 2.96. The second-order valence-electron chi connectivity index (χ2n) is 6.26. The van der Waals surface area contributed by atoms with Crippen LogP contribution in [-0.4, -0.2) is 57.8 Å². The number of piperazine rings is 1. The van der Waals surface area contributed by atoms with Crippen molar-refractivity contribution in [1.29, 1.82) is 0 Å². The van der Waals surface area contributed by atoms with Gasteiger partial charge in [-0.15, -0.1) is 21.5 Å². The lowest BCUT2D eigenvalue weighted by Gasteiger charge is -2.34. The molecule has 3 aromatic rings. The van der Waals surface area contributed by atoms with Gasteiger partial charge in [-0.05, 0) is 23.6 Å². The highest BCUT2D eigenvalue weighted by Gasteiger charge is 2.22. The molecule has 6 nitrogen and oxygen atoms in total. The molecule has 0 radical (unpaired) electrons. The summed E-state index contributed by atoms with van der Waals surface area (Å²) in [7, 11) is 0. The third-order valence-electron chi connectivity index (χ3n) is 4.43. The normalized spacial score (nSPS) is 15.2. The van der Waals surface area contributed by atoms with E-state index in [1.54, 1.807) is 11.3 Å². The number of thioether (sulfide) groups is 1. The molecule has 0 aliphatic carbocycles. The third-order valence-corrected chi connectivity index (χ3v) is 6.10. The van der Waals surface area contributed by atoms with E-state index in [9.17, 15) is 4.79 Å². The minimum absolute atomic E-state index is 0.121. The number of carbonyl (C=O) groups is 1. The number of hydrogen-bond acceptors (Lipinski definition) is 7. The molecule has 8 heteroatoms. The predicted octanol–water partition coefficient (Wildman–Crippen LogP) is 3.23. The van der Waals surface area contributed by atoms with Gasteiger partial charge in [-0.1, -0.05) is 36.0 Å². The largest absolute Gasteiger partial charge is 0.411 e. The summed E-state index contributed by atoms with van der Waals surface area (Å²) in [6, 6.07) is 13.9. The van der Waals surface area contributed by atoms with E-state index < -0.39 is 0 Å². The number of rotatable bonds is 6. The Kier molecular flexibility index (Phi) is 5.86. The molecule has 1 fully saturated rings. The third kappa shape index (κ3) is 4.77. The van der Waals surface area contributed by atoms with Gasteiger partial charge >= 0.3 is 0 Å². The zero-order chi connectivity index (χ0) is 18.5. The van der Waals surface area contributed by atoms with E-state index >= 15 is 0 Å². The Labute approximate surface area is 166 Å². The maximum atomic E-state index is 12.5. The Morgan fingerprint density at radius 2 is 1.89 bits per heavy atom. The van der Waals surface area contributed by atoms with Crippen LogP contribution in [0.15, 0.2) is 57.5 Å². The Hall–Kier alpha value is -2.16. The summed E-state index contributed by atoms with van der Waals surface area (Å²) >= 11 is 3.08. The van der Waals surface area contributed by atoms with Crippen molar-refractivity contribution in [1.82, 2.24) is 20.0 Å². The van der Waals surface area contributed by atoms with Crippen molar-refractivity contribution in [3.05, 3.63) is 52.7 Å². The molecule has 1 aliphatic rings. The average molecular weight is 401 g/mol. The van der Waals surface area contributed by atoms with Gasteiger partial charge in [0.15, 0.2) is 0 Å². The van der Waals surface area contributed by atoms with Crippen LogP contribution in [0.25, 0.3) is 11.5 Å². The summed E-state index contributed by atoms with van der Waals surface area (Å²) in [6.07, 6.45) is 0. The molecule has 2 aromatic heterocycles. The van der Waals surface area contributed by atoms with E-state index in [4.69, 9.17) is 4.42 Å². The van der Waals surface area contributed by atoms with Crippen molar-refractivity contribution in [2.24, 2.45) is 0 Å². The topological polar surface area (TPSA) is 62.5 Å². The molecule has 0 bridgehead atoms. The number of benzene rings is 1. The van der Waals surface area contributed by atoms with E-state index in [-0.39, 0.29) is 5.91 Å². The van der Waals surface area contributed by atoms with Gasteiger partial charge in [0, 0.05) is 43.2 Å². The van der Waals surface area contributed by atoms with Crippen LogP contribution in [0.1, 0.15) is 4.88 Å². The van der Waals surface area contributed by atoms with E-state index in [1.807, 2.05) is 35.2 Å². The number of carbonyl (C=O) groups excluding carboxylic acids is 1. The van der Waals surface area contributed by atoms with Gasteiger partial charge in [-0.3, -0.25) is 9.69 Å². The van der Waals surface area contributed by atoms with E-state index in [0.29, 0.717) is 16.9 Å². The Balaban J connectivity index is 1.24. The highest BCUT2D eigenvalue weighted by Crippen LogP contribution is 2.23. The maximum Gasteiger partial charge on any atom is 0.277 e. The van der Waals surface area contributed by atoms with Crippen LogP contribution in [0.4, 0.5) is 0 Å². The van der Waals surface area contributed by atoms with Crippen LogP contribution < -0.4 is 0 Å². The average Bonchev–Trinajstić information content (AvgIpc) is 3.39. The van der Waals surface area contributed by atoms with Gasteiger partial charge in [-0.25, -0.2) is 0 Å². The summed E-state index contributed by atoms with van der Waals surface area (Å²) < 4.78 is 5.65. The van der Waals surface area contributed by atoms with Crippen molar-refractivity contribution < 1.29 is 9.21 Å². The Morgan fingerprint density at radius 3 is 2.63 bits per heavy atom. The van der Waals surface area contributed by atoms with Crippen LogP contribution in [0.5, 0.6) is 0 Å². The molecule has 1 saturated heterocycles. The zero-order valence-corrected chi connectivity index (χ0v) is 16.4. The minimum atomic E-state index is 0.121. The van der Waals surface area contributed by atoms with Gasteiger partial charge in [0.2, 0.25) is 11.8 Å². The molecule has 1 amide bonds. The van der Waals surface area contributed by atoms with Crippen LogP contribution in [-0.2, 0) is 11.3 Å². The molecule has 0 atom stereocenters. The second kappa shape index (κ2) is 8.69. The molecular weight excluding hydrogens is 380 g/mol. The van der Waals surface area contributed by atoms with Crippen molar-refractivity contribution >= 4 is 29.0 Å². The summed E-state index contributed by atoms with van der Waals surface area (Å²) in [4.78, 5) is 18.2. The molecule has 4 rings (SSSR count). The molecule has 140 valence electrons. The number of aromatic nitrogens is 2. The van der Waals surface area contributed by atoms with Crippen LogP contribution in [0, 0.1) is 0 Å². The number of nitrogens with zero attached hydrogens (tertiary/aromatic N) is 4. The lowest BCUT2D eigenvalue weighted by molar-refractivity contribution is -0.130. The van der Waals surface area contributed by atoms with Crippen molar-refractivity contribution in [3.8, 4) is 11.5 Å². The molecule has 0 spiro atoms. The first-order chi connectivity index (χ1) is 13.3. The molecule has 1 aliphatic heterocycles. The summed E-state index contributed by atoms with van der Waals surface area (Å²) in [5, 5.41) is 10.6. The molecule has 0 unspecified atom stereocenters. The monoisotopic (exact) mass is 400 g/mol. The maximum absolute atomic E-state index is 12.5. The van der Waals surface area contributed by atoms with Gasteiger partial charge in [0.1, 0.15) is 0 Å².